The van der Waals surface area contributed by atoms with Crippen LogP contribution in [0.4, 0.5) is 0 Å². The van der Waals surface area contributed by atoms with Gasteiger partial charge in [-0.15, -0.1) is 0 Å². The van der Waals surface area contributed by atoms with Gasteiger partial charge in [0.2, 0.25) is 0 Å². The molecule has 3 nitrogen and oxygen atoms in total. The fourth-order valence-corrected chi connectivity index (χ4v) is 2.31. The van der Waals surface area contributed by atoms with E-state index in [0.717, 1.165) is 19.3 Å². The summed E-state index contributed by atoms with van der Waals surface area (Å²) < 4.78 is 5.05. The molecule has 0 radical (unpaired) electrons. The van der Waals surface area contributed by atoms with Gasteiger partial charge in [0, 0.05) is 0 Å². The minimum absolute atomic E-state index is 0.282. The lowest BCUT2D eigenvalue weighted by atomic mass is 9.88. The standard InChI is InChI=1S/C17H26O3/c1-3-5-6-7-11-14-17(19,16(18)20-4-2)15-12-9-8-10-13-15/h8-10,12-13,19H,3-7,11,14H2,1-2H3/t17-/m1/s1. The molecule has 20 heavy (non-hydrogen) atoms. The van der Waals surface area contributed by atoms with Crippen molar-refractivity contribution in [1.82, 2.24) is 0 Å². The zero-order valence-electron chi connectivity index (χ0n) is 12.6. The first-order valence-electron chi connectivity index (χ1n) is 7.60. The Morgan fingerprint density at radius 2 is 1.75 bits per heavy atom. The number of hydrogen-bond acceptors (Lipinski definition) is 3. The molecule has 3 heteroatoms. The number of aliphatic hydroxyl groups is 1. The lowest BCUT2D eigenvalue weighted by Crippen LogP contribution is -2.37. The Labute approximate surface area is 122 Å². The summed E-state index contributed by atoms with van der Waals surface area (Å²) in [6, 6.07) is 9.09. The topological polar surface area (TPSA) is 46.5 Å². The molecule has 1 N–H and O–H groups in total. The molecule has 0 aromatic heterocycles. The van der Waals surface area contributed by atoms with Gasteiger partial charge in [0.1, 0.15) is 0 Å². The SMILES string of the molecule is CCCCCCC[C@](O)(C(=O)OCC)c1ccccc1. The van der Waals surface area contributed by atoms with Gasteiger partial charge in [0.25, 0.3) is 0 Å². The van der Waals surface area contributed by atoms with Crippen molar-refractivity contribution in [2.75, 3.05) is 6.61 Å². The van der Waals surface area contributed by atoms with Crippen molar-refractivity contribution in [2.45, 2.75) is 58.0 Å². The van der Waals surface area contributed by atoms with Gasteiger partial charge in [0.15, 0.2) is 5.60 Å². The molecule has 1 aromatic rings. The van der Waals surface area contributed by atoms with Crippen LogP contribution in [0.3, 0.4) is 0 Å². The van der Waals surface area contributed by atoms with E-state index < -0.39 is 11.6 Å². The van der Waals surface area contributed by atoms with Crippen LogP contribution in [0, 0.1) is 0 Å². The second-order valence-electron chi connectivity index (χ2n) is 5.11. The smallest absolute Gasteiger partial charge is 0.342 e. The molecule has 0 unspecified atom stereocenters. The second-order valence-corrected chi connectivity index (χ2v) is 5.11. The van der Waals surface area contributed by atoms with Crippen LogP contribution in [0.5, 0.6) is 0 Å². The quantitative estimate of drug-likeness (QED) is 0.552. The predicted octanol–water partition coefficient (Wildman–Crippen LogP) is 3.80. The zero-order chi connectivity index (χ0) is 14.8. The fraction of sp³-hybridized carbons (Fsp3) is 0.588. The van der Waals surface area contributed by atoms with Gasteiger partial charge in [0.05, 0.1) is 6.61 Å². The van der Waals surface area contributed by atoms with Gasteiger partial charge in [-0.1, -0.05) is 62.9 Å². The van der Waals surface area contributed by atoms with Gasteiger partial charge >= 0.3 is 5.97 Å². The maximum atomic E-state index is 12.1. The first kappa shape index (κ1) is 16.7. The maximum absolute atomic E-state index is 12.1. The van der Waals surface area contributed by atoms with Crippen LogP contribution in [0.2, 0.25) is 0 Å². The number of rotatable bonds is 9. The largest absolute Gasteiger partial charge is 0.464 e. The Morgan fingerprint density at radius 3 is 2.35 bits per heavy atom. The van der Waals surface area contributed by atoms with Crippen molar-refractivity contribution in [2.24, 2.45) is 0 Å². The van der Waals surface area contributed by atoms with E-state index in [-0.39, 0.29) is 6.61 Å². The molecule has 0 aliphatic carbocycles. The van der Waals surface area contributed by atoms with E-state index in [1.165, 1.54) is 12.8 Å². The number of unbranched alkanes of at least 4 members (excludes halogenated alkanes) is 4. The van der Waals surface area contributed by atoms with Crippen LogP contribution in [-0.2, 0) is 15.1 Å². The average molecular weight is 278 g/mol. The third-order valence-corrected chi connectivity index (χ3v) is 3.51. The Hall–Kier alpha value is -1.35. The normalized spacial score (nSPS) is 13.8. The third-order valence-electron chi connectivity index (χ3n) is 3.51. The number of hydrogen-bond donors (Lipinski definition) is 1. The Balaban J connectivity index is 2.72. The highest BCUT2D eigenvalue weighted by molar-refractivity contribution is 5.81. The van der Waals surface area contributed by atoms with E-state index in [1.807, 2.05) is 18.2 Å². The molecule has 112 valence electrons. The van der Waals surface area contributed by atoms with Crippen molar-refractivity contribution in [3.05, 3.63) is 35.9 Å². The van der Waals surface area contributed by atoms with Gasteiger partial charge in [-0.2, -0.15) is 0 Å². The number of carbonyl (C=O) groups excluding carboxylic acids is 1. The molecule has 0 fully saturated rings. The molecule has 1 rings (SSSR count). The Morgan fingerprint density at radius 1 is 1.10 bits per heavy atom. The van der Waals surface area contributed by atoms with Crippen LogP contribution in [0.15, 0.2) is 30.3 Å². The molecule has 0 aliphatic rings. The van der Waals surface area contributed by atoms with E-state index in [1.54, 1.807) is 19.1 Å². The monoisotopic (exact) mass is 278 g/mol. The molecule has 0 amide bonds. The highest BCUT2D eigenvalue weighted by Gasteiger charge is 2.38. The molecule has 1 aromatic carbocycles. The highest BCUT2D eigenvalue weighted by Crippen LogP contribution is 2.29. The van der Waals surface area contributed by atoms with Gasteiger partial charge < -0.3 is 9.84 Å². The predicted molar refractivity (Wildman–Crippen MR) is 80.3 cm³/mol. The third kappa shape index (κ3) is 4.64. The van der Waals surface area contributed by atoms with Crippen molar-refractivity contribution in [3.63, 3.8) is 0 Å². The molecule has 0 saturated heterocycles. The summed E-state index contributed by atoms with van der Waals surface area (Å²) in [5.74, 6) is -0.540. The molecular weight excluding hydrogens is 252 g/mol. The van der Waals surface area contributed by atoms with Crippen LogP contribution in [-0.4, -0.2) is 17.7 Å². The Bertz CT molecular complexity index is 388. The van der Waals surface area contributed by atoms with Crippen LogP contribution >= 0.6 is 0 Å². The molecule has 0 bridgehead atoms. The number of ether oxygens (including phenoxy) is 1. The van der Waals surface area contributed by atoms with E-state index in [4.69, 9.17) is 4.74 Å². The molecular formula is C17H26O3. The summed E-state index contributed by atoms with van der Waals surface area (Å²) in [6.07, 6.45) is 5.79. The van der Waals surface area contributed by atoms with E-state index in [2.05, 4.69) is 6.92 Å². The van der Waals surface area contributed by atoms with Crippen molar-refractivity contribution >= 4 is 5.97 Å². The average Bonchev–Trinajstić information content (AvgIpc) is 2.48. The summed E-state index contributed by atoms with van der Waals surface area (Å²) in [5.41, 5.74) is -0.891. The minimum atomic E-state index is -1.51. The minimum Gasteiger partial charge on any atom is -0.464 e. The summed E-state index contributed by atoms with van der Waals surface area (Å²) in [4.78, 5) is 12.1. The van der Waals surface area contributed by atoms with Crippen LogP contribution in [0.1, 0.15) is 57.9 Å². The van der Waals surface area contributed by atoms with Crippen molar-refractivity contribution < 1.29 is 14.6 Å². The van der Waals surface area contributed by atoms with Crippen LogP contribution < -0.4 is 0 Å². The molecule has 1 atom stereocenters. The molecule has 0 spiro atoms. The van der Waals surface area contributed by atoms with Crippen LogP contribution in [0.25, 0.3) is 0 Å². The van der Waals surface area contributed by atoms with Gasteiger partial charge in [-0.05, 0) is 25.3 Å². The van der Waals surface area contributed by atoms with Gasteiger partial charge in [-0.3, -0.25) is 0 Å². The molecule has 0 aliphatic heterocycles. The van der Waals surface area contributed by atoms with E-state index >= 15 is 0 Å². The fourth-order valence-electron chi connectivity index (χ4n) is 2.31. The maximum Gasteiger partial charge on any atom is 0.342 e. The zero-order valence-corrected chi connectivity index (χ0v) is 12.6. The van der Waals surface area contributed by atoms with Crippen molar-refractivity contribution in [1.29, 1.82) is 0 Å². The number of esters is 1. The number of benzene rings is 1. The van der Waals surface area contributed by atoms with E-state index in [9.17, 15) is 9.90 Å². The summed E-state index contributed by atoms with van der Waals surface area (Å²) in [6.45, 7) is 4.20. The first-order valence-corrected chi connectivity index (χ1v) is 7.60. The lowest BCUT2D eigenvalue weighted by Gasteiger charge is -2.26. The van der Waals surface area contributed by atoms with Crippen molar-refractivity contribution in [3.8, 4) is 0 Å². The number of carbonyl (C=O) groups is 1. The summed E-state index contributed by atoms with van der Waals surface area (Å²) in [7, 11) is 0. The molecule has 0 heterocycles. The highest BCUT2D eigenvalue weighted by atomic mass is 16.5. The molecule has 0 saturated carbocycles. The van der Waals surface area contributed by atoms with Gasteiger partial charge in [-0.25, -0.2) is 4.79 Å². The first-order chi connectivity index (χ1) is 9.65. The Kier molecular flexibility index (Phi) is 7.31. The summed E-state index contributed by atoms with van der Waals surface area (Å²) in [5, 5.41) is 10.8. The second kappa shape index (κ2) is 8.75. The summed E-state index contributed by atoms with van der Waals surface area (Å²) >= 11 is 0. The lowest BCUT2D eigenvalue weighted by molar-refractivity contribution is -0.167. The van der Waals surface area contributed by atoms with E-state index in [0.29, 0.717) is 12.0 Å².